The molecule has 0 aromatic heterocycles. The minimum absolute atomic E-state index is 0.0333. The molecule has 1 aliphatic heterocycles. The molecule has 4 amide bonds. The molecule has 0 radical (unpaired) electrons. The molecule has 0 saturated carbocycles. The lowest BCUT2D eigenvalue weighted by Gasteiger charge is -2.41. The maximum atomic E-state index is 13.4. The normalized spacial score (nSPS) is 19.8. The summed E-state index contributed by atoms with van der Waals surface area (Å²) in [4.78, 5) is 42.2. The number of piperazine rings is 1. The quantitative estimate of drug-likeness (QED) is 0.491. The van der Waals surface area contributed by atoms with Gasteiger partial charge in [-0.15, -0.1) is 0 Å². The number of unbranched alkanes of at least 4 members (excludes halogenated alkanes) is 1. The maximum absolute atomic E-state index is 13.4. The second-order valence-electron chi connectivity index (χ2n) is 10.9. The topological polar surface area (TPSA) is 81.8 Å². The van der Waals surface area contributed by atoms with Crippen LogP contribution in [0, 0.1) is 17.3 Å². The van der Waals surface area contributed by atoms with Crippen LogP contribution < -0.4 is 10.6 Å². The maximum Gasteiger partial charge on any atom is 0.317 e. The van der Waals surface area contributed by atoms with Crippen molar-refractivity contribution in [2.75, 3.05) is 26.2 Å². The molecule has 186 valence electrons. The van der Waals surface area contributed by atoms with Gasteiger partial charge in [-0.25, -0.2) is 4.79 Å². The van der Waals surface area contributed by atoms with Gasteiger partial charge in [0.2, 0.25) is 11.8 Å². The predicted octanol–water partition coefficient (Wildman–Crippen LogP) is 4.02. The van der Waals surface area contributed by atoms with E-state index in [2.05, 4.69) is 45.3 Å². The average Bonchev–Trinajstić information content (AvgIpc) is 2.69. The van der Waals surface area contributed by atoms with E-state index >= 15 is 0 Å². The molecule has 1 fully saturated rings. The molecule has 7 nitrogen and oxygen atoms in total. The van der Waals surface area contributed by atoms with Crippen LogP contribution in [0.25, 0.3) is 0 Å². The predicted molar refractivity (Wildman–Crippen MR) is 130 cm³/mol. The van der Waals surface area contributed by atoms with E-state index in [0.29, 0.717) is 32.6 Å². The van der Waals surface area contributed by atoms with E-state index in [1.165, 1.54) is 0 Å². The largest absolute Gasteiger partial charge is 0.344 e. The van der Waals surface area contributed by atoms with Crippen LogP contribution in [0.1, 0.15) is 87.5 Å². The van der Waals surface area contributed by atoms with Gasteiger partial charge in [0.05, 0.1) is 0 Å². The molecule has 2 N–H and O–H groups in total. The minimum atomic E-state index is -0.522. The van der Waals surface area contributed by atoms with Crippen molar-refractivity contribution in [3.05, 3.63) is 0 Å². The lowest BCUT2D eigenvalue weighted by molar-refractivity contribution is -0.140. The molecule has 1 aliphatic rings. The molecule has 0 aromatic carbocycles. The highest BCUT2D eigenvalue weighted by atomic mass is 16.2. The Hall–Kier alpha value is -1.79. The lowest BCUT2D eigenvalue weighted by atomic mass is 9.84. The summed E-state index contributed by atoms with van der Waals surface area (Å²) >= 11 is 0. The van der Waals surface area contributed by atoms with E-state index in [4.69, 9.17) is 0 Å². The molecule has 0 aromatic rings. The number of hydrogen-bond donors (Lipinski definition) is 2. The van der Waals surface area contributed by atoms with Crippen molar-refractivity contribution < 1.29 is 14.4 Å². The van der Waals surface area contributed by atoms with Crippen LogP contribution in [0.15, 0.2) is 0 Å². The molecule has 1 saturated heterocycles. The Morgan fingerprint density at radius 2 is 1.75 bits per heavy atom. The fourth-order valence-electron chi connectivity index (χ4n) is 4.48. The van der Waals surface area contributed by atoms with Crippen molar-refractivity contribution in [2.45, 2.75) is 99.6 Å². The second kappa shape index (κ2) is 13.0. The van der Waals surface area contributed by atoms with Gasteiger partial charge >= 0.3 is 6.03 Å². The van der Waals surface area contributed by atoms with E-state index in [-0.39, 0.29) is 41.1 Å². The molecule has 1 heterocycles. The highest BCUT2D eigenvalue weighted by Crippen LogP contribution is 2.26. The summed E-state index contributed by atoms with van der Waals surface area (Å²) in [6.45, 7) is 18.9. The monoisotopic (exact) mass is 452 g/mol. The molecule has 0 bridgehead atoms. The van der Waals surface area contributed by atoms with Gasteiger partial charge in [-0.1, -0.05) is 61.3 Å². The first-order chi connectivity index (χ1) is 14.9. The number of urea groups is 1. The van der Waals surface area contributed by atoms with Crippen LogP contribution in [-0.2, 0) is 9.59 Å². The van der Waals surface area contributed by atoms with Gasteiger partial charge in [-0.05, 0) is 37.0 Å². The zero-order valence-electron chi connectivity index (χ0n) is 21.8. The summed E-state index contributed by atoms with van der Waals surface area (Å²) in [7, 11) is 0. The number of hydrogen-bond acceptors (Lipinski definition) is 3. The summed E-state index contributed by atoms with van der Waals surface area (Å²) in [5.41, 5.74) is 0.171. The second-order valence-corrected chi connectivity index (χ2v) is 10.9. The van der Waals surface area contributed by atoms with Crippen LogP contribution in [0.5, 0.6) is 0 Å². The summed E-state index contributed by atoms with van der Waals surface area (Å²) in [5, 5.41) is 6.01. The smallest absolute Gasteiger partial charge is 0.317 e. The molecule has 4 unspecified atom stereocenters. The van der Waals surface area contributed by atoms with Gasteiger partial charge in [-0.3, -0.25) is 9.59 Å². The van der Waals surface area contributed by atoms with E-state index in [9.17, 15) is 14.4 Å². The summed E-state index contributed by atoms with van der Waals surface area (Å²) < 4.78 is 0. The molecule has 1 rings (SSSR count). The number of nitrogens with one attached hydrogen (secondary N) is 2. The van der Waals surface area contributed by atoms with Gasteiger partial charge < -0.3 is 20.4 Å². The summed E-state index contributed by atoms with van der Waals surface area (Å²) in [5.74, 6) is 0.226. The Morgan fingerprint density at radius 3 is 2.28 bits per heavy atom. The van der Waals surface area contributed by atoms with Gasteiger partial charge in [0, 0.05) is 38.6 Å². The van der Waals surface area contributed by atoms with Crippen LogP contribution in [-0.4, -0.2) is 65.9 Å². The van der Waals surface area contributed by atoms with E-state index in [1.54, 1.807) is 0 Å². The summed E-state index contributed by atoms with van der Waals surface area (Å²) in [6, 6.07) is -0.640. The SMILES string of the molecule is CCCCNC(=O)N1CCN(C(=O)C(NC(=O)CC(C)CC(C)(C)C)C(C)CC)CC1C. The van der Waals surface area contributed by atoms with Crippen molar-refractivity contribution in [1.29, 1.82) is 0 Å². The van der Waals surface area contributed by atoms with Crippen LogP contribution in [0.3, 0.4) is 0 Å². The Kier molecular flexibility index (Phi) is 11.5. The fraction of sp³-hybridized carbons (Fsp3) is 0.880. The third-order valence-corrected chi connectivity index (χ3v) is 6.30. The van der Waals surface area contributed by atoms with Gasteiger partial charge in [0.25, 0.3) is 0 Å². The Balaban J connectivity index is 2.72. The van der Waals surface area contributed by atoms with E-state index < -0.39 is 6.04 Å². The van der Waals surface area contributed by atoms with Crippen LogP contribution >= 0.6 is 0 Å². The summed E-state index contributed by atoms with van der Waals surface area (Å²) in [6.07, 6.45) is 4.20. The fourth-order valence-corrected chi connectivity index (χ4v) is 4.48. The van der Waals surface area contributed by atoms with Crippen LogP contribution in [0.4, 0.5) is 4.79 Å². The first kappa shape index (κ1) is 28.2. The highest BCUT2D eigenvalue weighted by molar-refractivity contribution is 5.88. The molecule has 32 heavy (non-hydrogen) atoms. The zero-order chi connectivity index (χ0) is 24.5. The van der Waals surface area contributed by atoms with Gasteiger partial charge in [0.15, 0.2) is 0 Å². The van der Waals surface area contributed by atoms with Crippen molar-refractivity contribution in [1.82, 2.24) is 20.4 Å². The Bertz CT molecular complexity index is 617. The first-order valence-corrected chi connectivity index (χ1v) is 12.5. The number of amides is 4. The zero-order valence-corrected chi connectivity index (χ0v) is 21.8. The molecular formula is C25H48N4O3. The van der Waals surface area contributed by atoms with Crippen LogP contribution in [0.2, 0.25) is 0 Å². The van der Waals surface area contributed by atoms with Gasteiger partial charge in [0.1, 0.15) is 6.04 Å². The number of carbonyl (C=O) groups is 3. The molecule has 4 atom stereocenters. The third-order valence-electron chi connectivity index (χ3n) is 6.30. The van der Waals surface area contributed by atoms with Crippen molar-refractivity contribution in [3.63, 3.8) is 0 Å². The van der Waals surface area contributed by atoms with E-state index in [0.717, 1.165) is 25.7 Å². The van der Waals surface area contributed by atoms with Crippen molar-refractivity contribution in [3.8, 4) is 0 Å². The average molecular weight is 453 g/mol. The highest BCUT2D eigenvalue weighted by Gasteiger charge is 2.35. The van der Waals surface area contributed by atoms with E-state index in [1.807, 2.05) is 30.6 Å². The lowest BCUT2D eigenvalue weighted by Crippen LogP contribution is -2.61. The standard InChI is InChI=1S/C25H48N4O3/c1-9-11-12-26-24(32)29-14-13-28(17-20(29)5)23(31)22(19(4)10-2)27-21(30)15-18(3)16-25(6,7)8/h18-20,22H,9-17H2,1-8H3,(H,26,32)(H,27,30). The molecule has 0 aliphatic carbocycles. The molecule has 7 heteroatoms. The number of carbonyl (C=O) groups excluding carboxylic acids is 3. The molecular weight excluding hydrogens is 404 g/mol. The Morgan fingerprint density at radius 1 is 1.09 bits per heavy atom. The third kappa shape index (κ3) is 9.37. The van der Waals surface area contributed by atoms with Gasteiger partial charge in [-0.2, -0.15) is 0 Å². The van der Waals surface area contributed by atoms with Crippen molar-refractivity contribution in [2.24, 2.45) is 17.3 Å². The van der Waals surface area contributed by atoms with Crippen molar-refractivity contribution >= 4 is 17.8 Å². The minimum Gasteiger partial charge on any atom is -0.344 e. The number of rotatable bonds is 10. The Labute approximate surface area is 196 Å². The number of nitrogens with zero attached hydrogens (tertiary/aromatic N) is 2. The molecule has 0 spiro atoms. The first-order valence-electron chi connectivity index (χ1n) is 12.5.